The second kappa shape index (κ2) is 7.96. The van der Waals surface area contributed by atoms with Crippen LogP contribution in [0.1, 0.15) is 120 Å². The van der Waals surface area contributed by atoms with Crippen LogP contribution in [0.2, 0.25) is 0 Å². The van der Waals surface area contributed by atoms with E-state index in [1.54, 1.807) is 0 Å². The fraction of sp³-hybridized carbons (Fsp3) is 0.969. The standard InChI is InChI=1S/C32H54O4/c1-19(33)36-21-18-30(7)22(28(4,5)26(21)35)13-15-32(9)24(30)11-10-23-29(6)17-16-27(2,3)25(34)20(29)12-14-31(23,32)8/h20-26,34-35H,10-18H2,1-9H3. The largest absolute Gasteiger partial charge is 0.460 e. The molecule has 4 heteroatoms. The van der Waals surface area contributed by atoms with Crippen molar-refractivity contribution < 1.29 is 19.7 Å². The summed E-state index contributed by atoms with van der Waals surface area (Å²) in [5.41, 5.74) is 0.436. The lowest BCUT2D eigenvalue weighted by Crippen LogP contribution is -2.70. The molecule has 0 radical (unpaired) electrons. The molecule has 5 rings (SSSR count). The Bertz CT molecular complexity index is 910. The number of hydrogen-bond donors (Lipinski definition) is 2. The predicted molar refractivity (Wildman–Crippen MR) is 143 cm³/mol. The number of hydrogen-bond acceptors (Lipinski definition) is 4. The van der Waals surface area contributed by atoms with Crippen LogP contribution in [0.5, 0.6) is 0 Å². The molecular weight excluding hydrogens is 448 g/mol. The van der Waals surface area contributed by atoms with Gasteiger partial charge in [-0.3, -0.25) is 4.79 Å². The number of esters is 1. The number of carbonyl (C=O) groups is 1. The van der Waals surface area contributed by atoms with Gasteiger partial charge in [-0.15, -0.1) is 0 Å². The van der Waals surface area contributed by atoms with E-state index in [-0.39, 0.29) is 44.6 Å². The van der Waals surface area contributed by atoms with Crippen LogP contribution in [0.4, 0.5) is 0 Å². The Kier molecular flexibility index (Phi) is 5.97. The molecule has 0 aromatic rings. The van der Waals surface area contributed by atoms with Crippen molar-refractivity contribution >= 4 is 5.97 Å². The maximum Gasteiger partial charge on any atom is 0.302 e. The third-order valence-corrected chi connectivity index (χ3v) is 14.2. The highest BCUT2D eigenvalue weighted by molar-refractivity contribution is 5.66. The Morgan fingerprint density at radius 1 is 0.694 bits per heavy atom. The Balaban J connectivity index is 1.53. The highest BCUT2D eigenvalue weighted by Gasteiger charge is 2.72. The van der Waals surface area contributed by atoms with E-state index in [0.29, 0.717) is 23.7 Å². The zero-order valence-corrected chi connectivity index (χ0v) is 24.6. The molecule has 0 aliphatic heterocycles. The third kappa shape index (κ3) is 3.28. The molecule has 36 heavy (non-hydrogen) atoms. The average molecular weight is 503 g/mol. The molecule has 206 valence electrons. The molecule has 0 amide bonds. The van der Waals surface area contributed by atoms with Crippen LogP contribution in [-0.4, -0.2) is 34.5 Å². The number of aliphatic hydroxyl groups is 2. The van der Waals surface area contributed by atoms with Gasteiger partial charge in [0.2, 0.25) is 0 Å². The summed E-state index contributed by atoms with van der Waals surface area (Å²) >= 11 is 0. The maximum atomic E-state index is 12.0. The van der Waals surface area contributed by atoms with Gasteiger partial charge in [-0.25, -0.2) is 0 Å². The number of fused-ring (bicyclic) bond motifs is 7. The summed E-state index contributed by atoms with van der Waals surface area (Å²) in [6, 6.07) is 0. The van der Waals surface area contributed by atoms with Crippen molar-refractivity contribution in [2.24, 2.45) is 56.2 Å². The predicted octanol–water partition coefficient (Wildman–Crippen LogP) is 6.76. The van der Waals surface area contributed by atoms with Crippen LogP contribution in [0.15, 0.2) is 0 Å². The van der Waals surface area contributed by atoms with Crippen LogP contribution in [0, 0.1) is 56.2 Å². The van der Waals surface area contributed by atoms with Gasteiger partial charge < -0.3 is 14.9 Å². The number of aliphatic hydroxyl groups excluding tert-OH is 2. The molecule has 0 aromatic carbocycles. The van der Waals surface area contributed by atoms with Crippen molar-refractivity contribution in [3.63, 3.8) is 0 Å². The van der Waals surface area contributed by atoms with Crippen LogP contribution in [0.25, 0.3) is 0 Å². The zero-order valence-electron chi connectivity index (χ0n) is 24.6. The van der Waals surface area contributed by atoms with E-state index in [9.17, 15) is 15.0 Å². The molecule has 11 atom stereocenters. The molecule has 11 unspecified atom stereocenters. The van der Waals surface area contributed by atoms with Gasteiger partial charge >= 0.3 is 5.97 Å². The highest BCUT2D eigenvalue weighted by Crippen LogP contribution is 2.77. The van der Waals surface area contributed by atoms with Gasteiger partial charge in [0.05, 0.1) is 12.2 Å². The van der Waals surface area contributed by atoms with Crippen LogP contribution in [-0.2, 0) is 9.53 Å². The first kappa shape index (κ1) is 27.0. The Morgan fingerprint density at radius 3 is 1.83 bits per heavy atom. The van der Waals surface area contributed by atoms with Crippen molar-refractivity contribution in [3.05, 3.63) is 0 Å². The monoisotopic (exact) mass is 502 g/mol. The highest BCUT2D eigenvalue weighted by atomic mass is 16.6. The molecule has 0 aromatic heterocycles. The van der Waals surface area contributed by atoms with Crippen molar-refractivity contribution in [3.8, 4) is 0 Å². The minimum Gasteiger partial charge on any atom is -0.460 e. The molecule has 5 aliphatic rings. The van der Waals surface area contributed by atoms with E-state index in [2.05, 4.69) is 55.4 Å². The summed E-state index contributed by atoms with van der Waals surface area (Å²) in [6.07, 6.45) is 9.03. The molecule has 0 heterocycles. The van der Waals surface area contributed by atoms with E-state index in [4.69, 9.17) is 4.74 Å². The summed E-state index contributed by atoms with van der Waals surface area (Å²) in [7, 11) is 0. The molecule has 5 fully saturated rings. The number of rotatable bonds is 1. The van der Waals surface area contributed by atoms with Crippen molar-refractivity contribution in [2.75, 3.05) is 0 Å². The Labute approximate surface area is 220 Å². The third-order valence-electron chi connectivity index (χ3n) is 14.2. The average Bonchev–Trinajstić information content (AvgIpc) is 2.75. The molecule has 2 N–H and O–H groups in total. The summed E-state index contributed by atoms with van der Waals surface area (Å²) in [5, 5.41) is 22.8. The van der Waals surface area contributed by atoms with E-state index in [1.165, 1.54) is 39.0 Å². The molecule has 0 spiro atoms. The fourth-order valence-corrected chi connectivity index (χ4v) is 12.1. The number of ether oxygens (including phenoxy) is 1. The normalized spacial score (nSPS) is 55.4. The SMILES string of the molecule is CC(=O)OC1CC2(C)C(CCC3(C)C2CCC2C4(C)CCC(C)(C)C(O)C4CCC23C)C(C)(C)C1O. The lowest BCUT2D eigenvalue weighted by Gasteiger charge is -2.74. The van der Waals surface area contributed by atoms with E-state index >= 15 is 0 Å². The minimum atomic E-state index is -0.614. The van der Waals surface area contributed by atoms with Gasteiger partial charge in [-0.1, -0.05) is 55.4 Å². The minimum absolute atomic E-state index is 0.0186. The van der Waals surface area contributed by atoms with Crippen LogP contribution < -0.4 is 0 Å². The van der Waals surface area contributed by atoms with E-state index < -0.39 is 12.2 Å². The first-order valence-corrected chi connectivity index (χ1v) is 15.0. The fourth-order valence-electron chi connectivity index (χ4n) is 12.1. The van der Waals surface area contributed by atoms with Gasteiger partial charge in [-0.2, -0.15) is 0 Å². The molecule has 4 nitrogen and oxygen atoms in total. The first-order chi connectivity index (χ1) is 16.4. The lowest BCUT2D eigenvalue weighted by molar-refractivity contribution is -0.280. The summed E-state index contributed by atoms with van der Waals surface area (Å²) in [5.74, 6) is 1.75. The summed E-state index contributed by atoms with van der Waals surface area (Å²) in [6.45, 7) is 20.7. The Morgan fingerprint density at radius 2 is 1.25 bits per heavy atom. The van der Waals surface area contributed by atoms with E-state index in [1.807, 2.05) is 0 Å². The van der Waals surface area contributed by atoms with Gasteiger partial charge in [0.25, 0.3) is 0 Å². The van der Waals surface area contributed by atoms with Crippen molar-refractivity contribution in [1.29, 1.82) is 0 Å². The topological polar surface area (TPSA) is 66.8 Å². The lowest BCUT2D eigenvalue weighted by atomic mass is 9.30. The molecule has 5 aliphatic carbocycles. The van der Waals surface area contributed by atoms with Gasteiger partial charge in [0, 0.05) is 6.92 Å². The smallest absolute Gasteiger partial charge is 0.302 e. The second-order valence-corrected chi connectivity index (χ2v) is 16.3. The van der Waals surface area contributed by atoms with Crippen molar-refractivity contribution in [2.45, 2.75) is 138 Å². The summed E-state index contributed by atoms with van der Waals surface area (Å²) < 4.78 is 5.80. The van der Waals surface area contributed by atoms with Crippen LogP contribution in [0.3, 0.4) is 0 Å². The quantitative estimate of drug-likeness (QED) is 0.389. The van der Waals surface area contributed by atoms with Crippen molar-refractivity contribution in [1.82, 2.24) is 0 Å². The molecular formula is C32H54O4. The number of carbonyl (C=O) groups excluding carboxylic acids is 1. The van der Waals surface area contributed by atoms with Gasteiger partial charge in [0.1, 0.15) is 6.10 Å². The first-order valence-electron chi connectivity index (χ1n) is 15.0. The Hall–Kier alpha value is -0.610. The molecule has 0 bridgehead atoms. The van der Waals surface area contributed by atoms with Gasteiger partial charge in [-0.05, 0) is 114 Å². The summed E-state index contributed by atoms with van der Waals surface area (Å²) in [4.78, 5) is 12.0. The maximum absolute atomic E-state index is 12.0. The molecule has 5 saturated carbocycles. The van der Waals surface area contributed by atoms with Gasteiger partial charge in [0.15, 0.2) is 0 Å². The molecule has 0 saturated heterocycles. The second-order valence-electron chi connectivity index (χ2n) is 16.3. The zero-order chi connectivity index (χ0) is 26.7. The van der Waals surface area contributed by atoms with Crippen LogP contribution >= 0.6 is 0 Å². The van der Waals surface area contributed by atoms with E-state index in [0.717, 1.165) is 25.7 Å².